The van der Waals surface area contributed by atoms with Crippen molar-refractivity contribution >= 4 is 197 Å². The third-order valence-electron chi connectivity index (χ3n) is 28.4. The van der Waals surface area contributed by atoms with Gasteiger partial charge in [-0.3, -0.25) is 0 Å². The second kappa shape index (κ2) is 31.2. The summed E-state index contributed by atoms with van der Waals surface area (Å²) in [6.45, 7) is 9.48. The highest BCUT2D eigenvalue weighted by Crippen LogP contribution is 2.56. The molecule has 6 nitrogen and oxygen atoms in total. The molecule has 0 radical (unpaired) electrons. The average molecular weight is 1790 g/mol. The van der Waals surface area contributed by atoms with Crippen LogP contribution in [0.4, 0.5) is 28.4 Å². The molecule has 0 spiro atoms. The van der Waals surface area contributed by atoms with Gasteiger partial charge in [0.2, 0.25) is 0 Å². The Kier molecular flexibility index (Phi) is 18.6. The van der Waals surface area contributed by atoms with Crippen LogP contribution in [0.5, 0.6) is 0 Å². The van der Waals surface area contributed by atoms with Gasteiger partial charge in [0.1, 0.15) is 44.7 Å². The van der Waals surface area contributed by atoms with Gasteiger partial charge in [-0.1, -0.05) is 354 Å². The summed E-state index contributed by atoms with van der Waals surface area (Å²) in [5.74, 6) is 0. The van der Waals surface area contributed by atoms with E-state index in [9.17, 15) is 0 Å². The molecule has 2 aliphatic rings. The molecule has 636 valence electrons. The number of furan rings is 4. The molecule has 1 N–H and O–H groups in total. The lowest BCUT2D eigenvalue weighted by Gasteiger charge is -2.28. The molecular formula is C127H87BrN2O4. The first-order valence-corrected chi connectivity index (χ1v) is 46.5. The molecule has 4 heterocycles. The molecule has 28 rings (SSSR count). The second-order valence-corrected chi connectivity index (χ2v) is 37.5. The third-order valence-corrected chi connectivity index (χ3v) is 28.9. The van der Waals surface area contributed by atoms with Gasteiger partial charge in [-0.15, -0.1) is 0 Å². The van der Waals surface area contributed by atoms with Crippen LogP contribution in [-0.2, 0) is 10.8 Å². The number of para-hydroxylation sites is 8. The molecule has 0 unspecified atom stereocenters. The van der Waals surface area contributed by atoms with E-state index in [-0.39, 0.29) is 18.3 Å². The van der Waals surface area contributed by atoms with Gasteiger partial charge in [0.05, 0.1) is 0 Å². The van der Waals surface area contributed by atoms with Gasteiger partial charge >= 0.3 is 0 Å². The molecule has 134 heavy (non-hydrogen) atoms. The molecule has 0 saturated heterocycles. The maximum atomic E-state index is 6.57. The van der Waals surface area contributed by atoms with E-state index in [0.29, 0.717) is 0 Å². The van der Waals surface area contributed by atoms with E-state index in [1.54, 1.807) is 0 Å². The van der Waals surface area contributed by atoms with Crippen LogP contribution < -0.4 is 10.2 Å². The summed E-state index contributed by atoms with van der Waals surface area (Å²) in [6.07, 6.45) is 0. The van der Waals surface area contributed by atoms with Gasteiger partial charge in [-0.05, 0) is 253 Å². The molecular weight excluding hydrogens is 1700 g/mol. The number of anilines is 5. The summed E-state index contributed by atoms with van der Waals surface area (Å²) in [5.41, 5.74) is 31.9. The topological polar surface area (TPSA) is 67.8 Å². The van der Waals surface area contributed by atoms with E-state index in [1.165, 1.54) is 109 Å². The first-order valence-electron chi connectivity index (χ1n) is 45.7. The van der Waals surface area contributed by atoms with Gasteiger partial charge in [0.25, 0.3) is 0 Å². The van der Waals surface area contributed by atoms with Crippen molar-refractivity contribution < 1.29 is 17.7 Å². The van der Waals surface area contributed by atoms with Crippen molar-refractivity contribution in [3.8, 4) is 66.8 Å². The SMILES string of the molecule is C.CC1(C)c2cc(Br)ccc2-c2cc3c4ccccc4c4ccccc4c3cc21.CC1(C)c2cc(N(c3ccc(-c4cccc5c4oc4ccccc45)cc3)c3cccc(-c4cccc5c4oc4ccccc45)c3)ccc2-c2cc3c4ccccc4c4ccccc4c3cc21.c1cc(Nc2ccc(-c3cccc4c3oc3ccccc34)cc2)cc(-c2cccc3c2oc2ccccc23)c1. The first-order chi connectivity index (χ1) is 65.3. The molecule has 0 aliphatic heterocycles. The molecule has 7 heteroatoms. The maximum absolute atomic E-state index is 6.57. The minimum absolute atomic E-state index is 0. The Hall–Kier alpha value is -16.3. The van der Waals surface area contributed by atoms with Gasteiger partial charge < -0.3 is 27.9 Å². The second-order valence-electron chi connectivity index (χ2n) is 36.6. The lowest BCUT2D eigenvalue weighted by Crippen LogP contribution is -2.16. The van der Waals surface area contributed by atoms with Crippen LogP contribution >= 0.6 is 15.9 Å². The fraction of sp³-hybridized carbons (Fsp3) is 0.0551. The van der Waals surface area contributed by atoms with Crippen molar-refractivity contribution in [3.05, 3.63) is 451 Å². The Morgan fingerprint density at radius 1 is 0.201 bits per heavy atom. The average Bonchev–Trinajstić information content (AvgIpc) is 1.52. The normalized spacial score (nSPS) is 12.9. The Morgan fingerprint density at radius 3 is 0.910 bits per heavy atom. The smallest absolute Gasteiger partial charge is 0.143 e. The lowest BCUT2D eigenvalue weighted by atomic mass is 9.81. The molecule has 4 aromatic heterocycles. The summed E-state index contributed by atoms with van der Waals surface area (Å²) in [6, 6.07) is 152. The number of nitrogens with zero attached hydrogens (tertiary/aromatic N) is 1. The van der Waals surface area contributed by atoms with Gasteiger partial charge in [-0.25, -0.2) is 0 Å². The molecule has 0 atom stereocenters. The van der Waals surface area contributed by atoms with E-state index in [2.05, 4.69) is 436 Å². The Balaban J connectivity index is 0.000000119. The van der Waals surface area contributed by atoms with E-state index in [4.69, 9.17) is 17.7 Å². The van der Waals surface area contributed by atoms with Crippen LogP contribution in [0.2, 0.25) is 0 Å². The molecule has 0 bridgehead atoms. The number of hydrogen-bond donors (Lipinski definition) is 1. The first kappa shape index (κ1) is 79.8. The fourth-order valence-corrected chi connectivity index (χ4v) is 22.3. The van der Waals surface area contributed by atoms with Crippen molar-refractivity contribution in [2.45, 2.75) is 46.0 Å². The predicted molar refractivity (Wildman–Crippen MR) is 569 cm³/mol. The van der Waals surface area contributed by atoms with Crippen molar-refractivity contribution in [2.24, 2.45) is 0 Å². The summed E-state index contributed by atoms with van der Waals surface area (Å²) in [5, 5.41) is 28.5. The van der Waals surface area contributed by atoms with E-state index >= 15 is 0 Å². The number of rotatable bonds is 9. The highest BCUT2D eigenvalue weighted by Gasteiger charge is 2.39. The van der Waals surface area contributed by atoms with Crippen LogP contribution in [0, 0.1) is 0 Å². The molecule has 2 aliphatic carbocycles. The Morgan fingerprint density at radius 2 is 0.500 bits per heavy atom. The van der Waals surface area contributed by atoms with Crippen LogP contribution in [-0.4, -0.2) is 0 Å². The Labute approximate surface area is 783 Å². The van der Waals surface area contributed by atoms with E-state index in [0.717, 1.165) is 165 Å². The maximum Gasteiger partial charge on any atom is 0.143 e. The molecule has 0 saturated carbocycles. The number of halogens is 1. The van der Waals surface area contributed by atoms with Crippen molar-refractivity contribution in [1.82, 2.24) is 0 Å². The number of benzene rings is 22. The van der Waals surface area contributed by atoms with Crippen LogP contribution in [0.1, 0.15) is 57.4 Å². The monoisotopic (exact) mass is 1780 g/mol. The van der Waals surface area contributed by atoms with Crippen LogP contribution in [0.15, 0.2) is 447 Å². The standard InChI is InChI=1S/C63H41NO2.C36H23NO2.C27H19Br.CH4/c1-63(2)57-35-42(32-33-49(57)56-36-54-47-18-5-3-16-45(47)46-17-4-6-19-48(46)55(54)37-58(56)63)64(40-30-28-38(29-31-40)43-22-12-24-52-50-20-7-9-26-59(50)65-61(43)52)41-15-11-14-39(34-41)44-23-13-25-53-51-21-8-10-27-60(51)66-62(44)53;1-3-16-33-29(10-1)31-14-6-12-27(35(31)38-33)23-18-20-25(21-19-23)37-26-9-5-8-24(22-26)28-13-7-15-32-30-11-2-4-17-34(30)39-36(28)32;1-27(2)25-13-16(28)11-12-21(25)24-14-22-19-9-5-3-7-17(19)18-8-4-6-10-20(18)23(22)15-26(24)27;/h3-37H,1-2H3;1-22,37H;3-15H,1-2H3;1H4. The largest absolute Gasteiger partial charge is 0.455 e. The Bertz CT molecular complexity index is 9340. The zero-order chi connectivity index (χ0) is 88.5. The summed E-state index contributed by atoms with van der Waals surface area (Å²) >= 11 is 3.67. The molecule has 0 fully saturated rings. The lowest BCUT2D eigenvalue weighted by molar-refractivity contribution is 0.661. The van der Waals surface area contributed by atoms with E-state index in [1.807, 2.05) is 42.5 Å². The van der Waals surface area contributed by atoms with Crippen molar-refractivity contribution in [2.75, 3.05) is 10.2 Å². The van der Waals surface area contributed by atoms with Crippen LogP contribution in [0.3, 0.4) is 0 Å². The number of hydrogen-bond acceptors (Lipinski definition) is 6. The zero-order valence-electron chi connectivity index (χ0n) is 73.4. The van der Waals surface area contributed by atoms with Crippen molar-refractivity contribution in [1.29, 1.82) is 0 Å². The number of nitrogens with one attached hydrogen (secondary N) is 1. The van der Waals surface area contributed by atoms with E-state index < -0.39 is 0 Å². The minimum atomic E-state index is -0.249. The molecule has 22 aromatic carbocycles. The summed E-state index contributed by atoms with van der Waals surface area (Å²) < 4.78 is 26.7. The van der Waals surface area contributed by atoms with Gasteiger partial charge in [-0.2, -0.15) is 0 Å². The minimum Gasteiger partial charge on any atom is -0.455 e. The van der Waals surface area contributed by atoms with Crippen LogP contribution in [0.25, 0.3) is 219 Å². The quantitative estimate of drug-likeness (QED) is 0.145. The van der Waals surface area contributed by atoms with Crippen molar-refractivity contribution in [3.63, 3.8) is 0 Å². The fourth-order valence-electron chi connectivity index (χ4n) is 22.0. The van der Waals surface area contributed by atoms with Gasteiger partial charge in [0.15, 0.2) is 0 Å². The summed E-state index contributed by atoms with van der Waals surface area (Å²) in [7, 11) is 0. The molecule has 26 aromatic rings. The molecule has 0 amide bonds. The summed E-state index contributed by atoms with van der Waals surface area (Å²) in [4.78, 5) is 2.41. The van der Waals surface area contributed by atoms with Gasteiger partial charge in [0, 0.05) is 109 Å². The number of fused-ring (bicyclic) bond motifs is 30. The predicted octanol–water partition coefficient (Wildman–Crippen LogP) is 37.5. The zero-order valence-corrected chi connectivity index (χ0v) is 75.0. The third kappa shape index (κ3) is 12.7. The highest BCUT2D eigenvalue weighted by atomic mass is 79.9. The highest BCUT2D eigenvalue weighted by molar-refractivity contribution is 9.10.